The number of hydrogen-bond acceptors (Lipinski definition) is 3. The second-order valence-electron chi connectivity index (χ2n) is 5.71. The number of methoxy groups -OCH3 is 1. The first-order chi connectivity index (χ1) is 12.5. The van der Waals surface area contributed by atoms with Gasteiger partial charge in [-0.25, -0.2) is 0 Å². The van der Waals surface area contributed by atoms with Crippen LogP contribution in [-0.4, -0.2) is 12.1 Å². The number of alkyl halides is 3. The molecule has 0 spiro atoms. The minimum absolute atomic E-state index is 0.326. The van der Waals surface area contributed by atoms with Crippen LogP contribution < -0.4 is 10.1 Å². The maximum Gasteiger partial charge on any atom is 0.416 e. The number of halogens is 3. The number of benzene rings is 2. The maximum absolute atomic E-state index is 13.0. The predicted molar refractivity (Wildman–Crippen MR) is 94.1 cm³/mol. The van der Waals surface area contributed by atoms with E-state index in [-0.39, 0.29) is 6.04 Å². The Morgan fingerprint density at radius 3 is 2.19 bits per heavy atom. The third-order valence-corrected chi connectivity index (χ3v) is 3.99. The fourth-order valence-corrected chi connectivity index (χ4v) is 2.66. The van der Waals surface area contributed by atoms with Gasteiger partial charge in [-0.15, -0.1) is 0 Å². The molecule has 1 N–H and O–H groups in total. The molecular weight excluding hydrogens is 341 g/mol. The summed E-state index contributed by atoms with van der Waals surface area (Å²) >= 11 is 0. The zero-order chi connectivity index (χ0) is 18.6. The molecule has 26 heavy (non-hydrogen) atoms. The molecule has 2 aromatic carbocycles. The molecule has 0 saturated heterocycles. The largest absolute Gasteiger partial charge is 0.497 e. The highest BCUT2D eigenvalue weighted by molar-refractivity contribution is 5.51. The van der Waals surface area contributed by atoms with Gasteiger partial charge in [0, 0.05) is 18.1 Å². The van der Waals surface area contributed by atoms with Crippen LogP contribution in [0.4, 0.5) is 18.9 Å². The van der Waals surface area contributed by atoms with Gasteiger partial charge in [-0.3, -0.25) is 4.98 Å². The van der Waals surface area contributed by atoms with Crippen LogP contribution in [0.5, 0.6) is 5.75 Å². The van der Waals surface area contributed by atoms with Gasteiger partial charge in [0.1, 0.15) is 5.75 Å². The van der Waals surface area contributed by atoms with Crippen molar-refractivity contribution in [3.63, 3.8) is 0 Å². The van der Waals surface area contributed by atoms with Crippen molar-refractivity contribution in [2.45, 2.75) is 12.2 Å². The lowest BCUT2D eigenvalue weighted by Gasteiger charge is -2.22. The molecule has 3 aromatic rings. The summed E-state index contributed by atoms with van der Waals surface area (Å²) in [4.78, 5) is 4.01. The Morgan fingerprint density at radius 1 is 0.923 bits per heavy atom. The smallest absolute Gasteiger partial charge is 0.416 e. The number of pyridine rings is 1. The lowest BCUT2D eigenvalue weighted by Crippen LogP contribution is -2.13. The van der Waals surface area contributed by atoms with E-state index in [1.165, 1.54) is 6.07 Å². The molecule has 3 nitrogen and oxygen atoms in total. The van der Waals surface area contributed by atoms with Crippen molar-refractivity contribution in [1.29, 1.82) is 0 Å². The summed E-state index contributed by atoms with van der Waals surface area (Å²) in [6, 6.07) is 15.9. The first-order valence-electron chi connectivity index (χ1n) is 7.95. The van der Waals surface area contributed by atoms with Gasteiger partial charge in [-0.1, -0.05) is 18.2 Å². The van der Waals surface area contributed by atoms with Crippen molar-refractivity contribution >= 4 is 5.69 Å². The summed E-state index contributed by atoms with van der Waals surface area (Å²) in [7, 11) is 1.58. The normalized spacial score (nSPS) is 12.5. The van der Waals surface area contributed by atoms with E-state index < -0.39 is 11.7 Å². The van der Waals surface area contributed by atoms with E-state index in [1.54, 1.807) is 25.6 Å². The Kier molecular flexibility index (Phi) is 5.11. The molecule has 1 aromatic heterocycles. The van der Waals surface area contributed by atoms with Gasteiger partial charge in [0.05, 0.1) is 18.7 Å². The van der Waals surface area contributed by atoms with Gasteiger partial charge in [0.15, 0.2) is 0 Å². The van der Waals surface area contributed by atoms with Gasteiger partial charge in [-0.2, -0.15) is 13.2 Å². The number of aromatic nitrogens is 1. The van der Waals surface area contributed by atoms with Gasteiger partial charge in [-0.05, 0) is 53.6 Å². The average Bonchev–Trinajstić information content (AvgIpc) is 2.66. The minimum atomic E-state index is -4.38. The van der Waals surface area contributed by atoms with Crippen molar-refractivity contribution in [3.8, 4) is 5.75 Å². The van der Waals surface area contributed by atoms with Crippen LogP contribution in [0.15, 0.2) is 73.1 Å². The number of hydrogen-bond donors (Lipinski definition) is 1. The zero-order valence-corrected chi connectivity index (χ0v) is 14.0. The van der Waals surface area contributed by atoms with Crippen molar-refractivity contribution in [2.24, 2.45) is 0 Å². The lowest BCUT2D eigenvalue weighted by atomic mass is 9.99. The van der Waals surface area contributed by atoms with Crippen LogP contribution in [0.25, 0.3) is 0 Å². The van der Waals surface area contributed by atoms with Crippen LogP contribution in [0, 0.1) is 0 Å². The van der Waals surface area contributed by atoms with Crippen LogP contribution in [0.3, 0.4) is 0 Å². The highest BCUT2D eigenvalue weighted by Crippen LogP contribution is 2.33. The molecule has 1 atom stereocenters. The molecule has 0 aliphatic heterocycles. The molecule has 0 saturated carbocycles. The molecule has 0 aliphatic carbocycles. The monoisotopic (exact) mass is 358 g/mol. The van der Waals surface area contributed by atoms with Crippen molar-refractivity contribution in [2.75, 3.05) is 12.4 Å². The van der Waals surface area contributed by atoms with E-state index in [0.717, 1.165) is 23.3 Å². The second kappa shape index (κ2) is 7.47. The van der Waals surface area contributed by atoms with E-state index in [4.69, 9.17) is 4.74 Å². The van der Waals surface area contributed by atoms with E-state index >= 15 is 0 Å². The average molecular weight is 358 g/mol. The molecule has 0 bridgehead atoms. The third kappa shape index (κ3) is 4.14. The Labute approximate surface area is 149 Å². The van der Waals surface area contributed by atoms with Crippen molar-refractivity contribution in [3.05, 3.63) is 89.7 Å². The topological polar surface area (TPSA) is 34.1 Å². The zero-order valence-electron chi connectivity index (χ0n) is 14.0. The maximum atomic E-state index is 13.0. The Bertz CT molecular complexity index is 849. The summed E-state index contributed by atoms with van der Waals surface area (Å²) in [6.07, 6.45) is -1.08. The van der Waals surface area contributed by atoms with Crippen molar-refractivity contribution in [1.82, 2.24) is 4.98 Å². The molecule has 0 aliphatic rings. The third-order valence-electron chi connectivity index (χ3n) is 3.99. The fourth-order valence-electron chi connectivity index (χ4n) is 2.66. The molecule has 1 heterocycles. The molecule has 0 amide bonds. The molecule has 6 heteroatoms. The molecule has 0 radical (unpaired) electrons. The summed E-state index contributed by atoms with van der Waals surface area (Å²) in [5.41, 5.74) is 1.49. The number of rotatable bonds is 5. The predicted octanol–water partition coefficient (Wildman–Crippen LogP) is 5.31. The highest BCUT2D eigenvalue weighted by Gasteiger charge is 2.30. The first-order valence-corrected chi connectivity index (χ1v) is 7.95. The summed E-state index contributed by atoms with van der Waals surface area (Å²) < 4.78 is 44.1. The van der Waals surface area contributed by atoms with Crippen LogP contribution >= 0.6 is 0 Å². The molecule has 3 rings (SSSR count). The fraction of sp³-hybridized carbons (Fsp3) is 0.150. The minimum Gasteiger partial charge on any atom is -0.497 e. The van der Waals surface area contributed by atoms with E-state index in [0.29, 0.717) is 11.4 Å². The number of anilines is 1. The number of nitrogens with zero attached hydrogens (tertiary/aromatic N) is 1. The van der Waals surface area contributed by atoms with Gasteiger partial charge in [0.2, 0.25) is 0 Å². The SMILES string of the molecule is COc1ccc(C(Nc2cccc(C(F)(F)F)c2)c2ccncc2)cc1. The quantitative estimate of drug-likeness (QED) is 0.671. The molecular formula is C20H17F3N2O. The lowest BCUT2D eigenvalue weighted by molar-refractivity contribution is -0.137. The van der Waals surface area contributed by atoms with Gasteiger partial charge < -0.3 is 10.1 Å². The van der Waals surface area contributed by atoms with Crippen LogP contribution in [0.1, 0.15) is 22.7 Å². The Hall–Kier alpha value is -3.02. The number of nitrogens with one attached hydrogen (secondary N) is 1. The Morgan fingerprint density at radius 2 is 1.58 bits per heavy atom. The van der Waals surface area contributed by atoms with Crippen molar-refractivity contribution < 1.29 is 17.9 Å². The van der Waals surface area contributed by atoms with E-state index in [9.17, 15) is 13.2 Å². The highest BCUT2D eigenvalue weighted by atomic mass is 19.4. The summed E-state index contributed by atoms with van der Waals surface area (Å²) in [5.74, 6) is 0.710. The molecule has 1 unspecified atom stereocenters. The summed E-state index contributed by atoms with van der Waals surface area (Å²) in [6.45, 7) is 0. The van der Waals surface area contributed by atoms with E-state index in [2.05, 4.69) is 10.3 Å². The second-order valence-corrected chi connectivity index (χ2v) is 5.71. The first kappa shape index (κ1) is 17.8. The van der Waals surface area contributed by atoms with Crippen LogP contribution in [0.2, 0.25) is 0 Å². The van der Waals surface area contributed by atoms with Gasteiger partial charge >= 0.3 is 6.18 Å². The molecule has 134 valence electrons. The Balaban J connectivity index is 1.96. The van der Waals surface area contributed by atoms with Gasteiger partial charge in [0.25, 0.3) is 0 Å². The standard InChI is InChI=1S/C20H17F3N2O/c1-26-18-7-5-14(6-8-18)19(15-9-11-24-12-10-15)25-17-4-2-3-16(13-17)20(21,22)23/h2-13,19,25H,1H3. The summed E-state index contributed by atoms with van der Waals surface area (Å²) in [5, 5.41) is 3.19. The van der Waals surface area contributed by atoms with E-state index in [1.807, 2.05) is 36.4 Å². The number of ether oxygens (including phenoxy) is 1. The molecule has 0 fully saturated rings. The van der Waals surface area contributed by atoms with Crippen LogP contribution in [-0.2, 0) is 6.18 Å².